The van der Waals surface area contributed by atoms with Crippen molar-refractivity contribution in [1.82, 2.24) is 4.90 Å². The minimum absolute atomic E-state index is 0.375. The summed E-state index contributed by atoms with van der Waals surface area (Å²) in [6.07, 6.45) is 5.21. The Bertz CT molecular complexity index is 662. The Hall–Kier alpha value is -1.45. The predicted molar refractivity (Wildman–Crippen MR) is 87.4 cm³/mol. The second-order valence-corrected chi connectivity index (χ2v) is 9.20. The van der Waals surface area contributed by atoms with Crippen LogP contribution in [0.5, 0.6) is 0 Å². The van der Waals surface area contributed by atoms with Gasteiger partial charge in [0.2, 0.25) is 0 Å². The molecule has 6 nitrogen and oxygen atoms in total. The van der Waals surface area contributed by atoms with Crippen molar-refractivity contribution in [3.8, 4) is 0 Å². The molecule has 2 rings (SSSR count). The van der Waals surface area contributed by atoms with Crippen LogP contribution in [0.25, 0.3) is 0 Å². The number of amides is 1. The molecule has 1 aliphatic heterocycles. The number of ether oxygens (including phenoxy) is 1. The molecule has 0 saturated heterocycles. The highest BCUT2D eigenvalue weighted by Crippen LogP contribution is 2.34. The standard InChI is InChI=1S/C16H24F3NO5S/c1-15(2,3)24-14(21)20-10-13(25-26(22,23)16(17,18)19)9-12(20)8-7-11-5-4-6-11/h9,11-12H,4-8,10H2,1-3H3. The van der Waals surface area contributed by atoms with Gasteiger partial charge in [0.05, 0.1) is 12.6 Å². The van der Waals surface area contributed by atoms with E-state index in [1.54, 1.807) is 20.8 Å². The fraction of sp³-hybridized carbons (Fsp3) is 0.812. The molecule has 2 aliphatic rings. The van der Waals surface area contributed by atoms with Crippen LogP contribution in [0, 0.1) is 5.92 Å². The summed E-state index contributed by atoms with van der Waals surface area (Å²) in [6, 6.07) is -0.552. The van der Waals surface area contributed by atoms with Gasteiger partial charge in [0.15, 0.2) is 0 Å². The van der Waals surface area contributed by atoms with Crippen molar-refractivity contribution < 1.29 is 35.3 Å². The summed E-state index contributed by atoms with van der Waals surface area (Å²) in [5, 5.41) is 0. The van der Waals surface area contributed by atoms with Gasteiger partial charge in [0.25, 0.3) is 0 Å². The van der Waals surface area contributed by atoms with Crippen LogP contribution < -0.4 is 0 Å². The van der Waals surface area contributed by atoms with Gasteiger partial charge in [-0.25, -0.2) is 4.79 Å². The Morgan fingerprint density at radius 3 is 2.31 bits per heavy atom. The first-order chi connectivity index (χ1) is 11.8. The van der Waals surface area contributed by atoms with Crippen molar-refractivity contribution in [2.45, 2.75) is 70.0 Å². The highest BCUT2D eigenvalue weighted by Gasteiger charge is 2.49. The molecule has 10 heteroatoms. The monoisotopic (exact) mass is 399 g/mol. The molecule has 0 radical (unpaired) electrons. The highest BCUT2D eigenvalue weighted by molar-refractivity contribution is 7.87. The fourth-order valence-corrected chi connectivity index (χ4v) is 3.32. The zero-order chi connectivity index (χ0) is 19.8. The molecule has 26 heavy (non-hydrogen) atoms. The van der Waals surface area contributed by atoms with Gasteiger partial charge in [-0.2, -0.15) is 21.6 Å². The van der Waals surface area contributed by atoms with Gasteiger partial charge >= 0.3 is 21.7 Å². The molecule has 0 N–H and O–H groups in total. The molecule has 1 fully saturated rings. The molecular formula is C16H24F3NO5S. The van der Waals surface area contributed by atoms with E-state index < -0.39 is 39.1 Å². The van der Waals surface area contributed by atoms with Crippen molar-refractivity contribution in [3.63, 3.8) is 0 Å². The van der Waals surface area contributed by atoms with Crippen LogP contribution in [0.3, 0.4) is 0 Å². The van der Waals surface area contributed by atoms with Gasteiger partial charge in [0.1, 0.15) is 11.4 Å². The fourth-order valence-electron chi connectivity index (χ4n) is 2.83. The number of halogens is 3. The summed E-state index contributed by atoms with van der Waals surface area (Å²) in [6.45, 7) is 4.63. The second-order valence-electron chi connectivity index (χ2n) is 7.67. The van der Waals surface area contributed by atoms with E-state index in [1.165, 1.54) is 11.0 Å². The minimum atomic E-state index is -5.76. The predicted octanol–water partition coefficient (Wildman–Crippen LogP) is 3.94. The van der Waals surface area contributed by atoms with E-state index in [2.05, 4.69) is 4.18 Å². The third-order valence-corrected chi connectivity index (χ3v) is 5.33. The maximum Gasteiger partial charge on any atom is 0.534 e. The average Bonchev–Trinajstić information content (AvgIpc) is 2.76. The lowest BCUT2D eigenvalue weighted by atomic mass is 9.81. The first-order valence-corrected chi connectivity index (χ1v) is 9.90. The lowest BCUT2D eigenvalue weighted by Crippen LogP contribution is -2.41. The molecule has 0 spiro atoms. The Labute approximate surface area is 151 Å². The van der Waals surface area contributed by atoms with E-state index in [4.69, 9.17) is 4.74 Å². The van der Waals surface area contributed by atoms with E-state index in [0.29, 0.717) is 12.3 Å². The van der Waals surface area contributed by atoms with Crippen LogP contribution in [0.1, 0.15) is 52.9 Å². The van der Waals surface area contributed by atoms with E-state index in [-0.39, 0.29) is 6.54 Å². The summed E-state index contributed by atoms with van der Waals surface area (Å²) in [7, 11) is -5.76. The molecule has 1 amide bonds. The molecule has 0 aromatic rings. The smallest absolute Gasteiger partial charge is 0.444 e. The number of alkyl halides is 3. The SMILES string of the molecule is CC(C)(C)OC(=O)N1CC(OS(=O)(=O)C(F)(F)F)=CC1CCC1CCC1. The van der Waals surface area contributed by atoms with Crippen molar-refractivity contribution >= 4 is 16.2 Å². The molecule has 1 aliphatic carbocycles. The van der Waals surface area contributed by atoms with Crippen LogP contribution >= 0.6 is 0 Å². The second kappa shape index (κ2) is 7.28. The zero-order valence-electron chi connectivity index (χ0n) is 15.0. The van der Waals surface area contributed by atoms with Gasteiger partial charge in [-0.05, 0) is 45.6 Å². The quantitative estimate of drug-likeness (QED) is 0.517. The molecule has 0 bridgehead atoms. The van der Waals surface area contributed by atoms with Crippen molar-refractivity contribution in [1.29, 1.82) is 0 Å². The van der Waals surface area contributed by atoms with Gasteiger partial charge in [-0.15, -0.1) is 0 Å². The number of nitrogens with zero attached hydrogens (tertiary/aromatic N) is 1. The number of hydrogen-bond acceptors (Lipinski definition) is 5. The summed E-state index contributed by atoms with van der Waals surface area (Å²) < 4.78 is 69.5. The first-order valence-electron chi connectivity index (χ1n) is 8.49. The number of hydrogen-bond donors (Lipinski definition) is 0. The van der Waals surface area contributed by atoms with E-state index >= 15 is 0 Å². The van der Waals surface area contributed by atoms with Gasteiger partial charge < -0.3 is 8.92 Å². The maximum absolute atomic E-state index is 12.5. The Balaban J connectivity index is 2.10. The minimum Gasteiger partial charge on any atom is -0.444 e. The van der Waals surface area contributed by atoms with Crippen LogP contribution in [-0.4, -0.2) is 43.1 Å². The first kappa shape index (κ1) is 20.9. The topological polar surface area (TPSA) is 72.9 Å². The van der Waals surface area contributed by atoms with E-state index in [9.17, 15) is 26.4 Å². The maximum atomic E-state index is 12.5. The zero-order valence-corrected chi connectivity index (χ0v) is 15.8. The molecule has 0 aromatic heterocycles. The van der Waals surface area contributed by atoms with Gasteiger partial charge in [-0.3, -0.25) is 4.90 Å². The lowest BCUT2D eigenvalue weighted by molar-refractivity contribution is -0.0523. The van der Waals surface area contributed by atoms with E-state index in [0.717, 1.165) is 25.7 Å². The Morgan fingerprint density at radius 1 is 1.23 bits per heavy atom. The highest BCUT2D eigenvalue weighted by atomic mass is 32.2. The van der Waals surface area contributed by atoms with Crippen LogP contribution in [0.2, 0.25) is 0 Å². The van der Waals surface area contributed by atoms with Crippen LogP contribution in [0.15, 0.2) is 11.8 Å². The summed E-state index contributed by atoms with van der Waals surface area (Å²) in [4.78, 5) is 13.6. The molecular weight excluding hydrogens is 375 g/mol. The normalized spacial score (nSPS) is 22.0. The average molecular weight is 399 g/mol. The molecule has 1 heterocycles. The number of carbonyl (C=O) groups excluding carboxylic acids is 1. The van der Waals surface area contributed by atoms with Crippen molar-refractivity contribution in [2.24, 2.45) is 5.92 Å². The van der Waals surface area contributed by atoms with E-state index in [1.807, 2.05) is 0 Å². The summed E-state index contributed by atoms with van der Waals surface area (Å²) in [5.41, 5.74) is -6.30. The molecule has 1 unspecified atom stereocenters. The Morgan fingerprint density at radius 2 is 1.85 bits per heavy atom. The summed E-state index contributed by atoms with van der Waals surface area (Å²) >= 11 is 0. The number of carbonyl (C=O) groups is 1. The summed E-state index contributed by atoms with van der Waals surface area (Å²) in [5.74, 6) is 0.125. The lowest BCUT2D eigenvalue weighted by Gasteiger charge is -2.30. The third-order valence-electron chi connectivity index (χ3n) is 4.33. The van der Waals surface area contributed by atoms with Gasteiger partial charge in [0, 0.05) is 0 Å². The largest absolute Gasteiger partial charge is 0.534 e. The molecule has 1 saturated carbocycles. The molecule has 1 atom stereocenters. The molecule has 150 valence electrons. The third kappa shape index (κ3) is 5.28. The van der Waals surface area contributed by atoms with Crippen molar-refractivity contribution in [2.75, 3.05) is 6.54 Å². The van der Waals surface area contributed by atoms with Crippen LogP contribution in [-0.2, 0) is 19.0 Å². The molecule has 0 aromatic carbocycles. The Kier molecular flexibility index (Phi) is 5.84. The number of rotatable bonds is 5. The van der Waals surface area contributed by atoms with Gasteiger partial charge in [-0.1, -0.05) is 19.3 Å². The van der Waals surface area contributed by atoms with Crippen LogP contribution in [0.4, 0.5) is 18.0 Å². The van der Waals surface area contributed by atoms with Crippen molar-refractivity contribution in [3.05, 3.63) is 11.8 Å².